The molecule has 1 atom stereocenters. The van der Waals surface area contributed by atoms with Crippen LogP contribution in [0.15, 0.2) is 45.9 Å². The number of benzene rings is 1. The Labute approximate surface area is 132 Å². The Morgan fingerprint density at radius 2 is 2.14 bits per heavy atom. The highest BCUT2D eigenvalue weighted by molar-refractivity contribution is 9.10. The molecule has 1 heterocycles. The SMILES string of the molecule is CCCC1C=CNN1C(=O)NS(=O)(=O)c1ccccc1Br. The molecule has 1 aliphatic heterocycles. The molecule has 114 valence electrons. The second kappa shape index (κ2) is 6.48. The molecule has 8 heteroatoms. The molecule has 6 nitrogen and oxygen atoms in total. The number of amides is 2. The highest BCUT2D eigenvalue weighted by Crippen LogP contribution is 2.21. The van der Waals surface area contributed by atoms with Crippen molar-refractivity contribution in [3.8, 4) is 0 Å². The summed E-state index contributed by atoms with van der Waals surface area (Å²) in [6.45, 7) is 2.00. The van der Waals surface area contributed by atoms with Crippen LogP contribution in [-0.2, 0) is 10.0 Å². The van der Waals surface area contributed by atoms with Gasteiger partial charge in [-0.2, -0.15) is 0 Å². The Morgan fingerprint density at radius 1 is 1.43 bits per heavy atom. The van der Waals surface area contributed by atoms with E-state index in [0.29, 0.717) is 4.47 Å². The van der Waals surface area contributed by atoms with E-state index in [1.54, 1.807) is 24.4 Å². The van der Waals surface area contributed by atoms with E-state index < -0.39 is 16.1 Å². The van der Waals surface area contributed by atoms with Gasteiger partial charge in [0.1, 0.15) is 4.90 Å². The van der Waals surface area contributed by atoms with E-state index in [-0.39, 0.29) is 10.9 Å². The lowest BCUT2D eigenvalue weighted by Gasteiger charge is -2.24. The molecular formula is C13H16BrN3O3S. The van der Waals surface area contributed by atoms with E-state index in [0.717, 1.165) is 12.8 Å². The fraction of sp³-hybridized carbons (Fsp3) is 0.308. The number of halogens is 1. The van der Waals surface area contributed by atoms with Crippen LogP contribution < -0.4 is 10.1 Å². The maximum Gasteiger partial charge on any atom is 0.350 e. The maximum atomic E-state index is 12.2. The van der Waals surface area contributed by atoms with Crippen molar-refractivity contribution in [2.75, 3.05) is 0 Å². The number of hydrazine groups is 1. The molecule has 2 N–H and O–H groups in total. The lowest BCUT2D eigenvalue weighted by molar-refractivity contribution is 0.177. The Hall–Kier alpha value is -1.54. The summed E-state index contributed by atoms with van der Waals surface area (Å²) >= 11 is 3.17. The summed E-state index contributed by atoms with van der Waals surface area (Å²) in [6.07, 6.45) is 5.10. The van der Waals surface area contributed by atoms with Crippen LogP contribution in [0.1, 0.15) is 19.8 Å². The summed E-state index contributed by atoms with van der Waals surface area (Å²) in [5.74, 6) is 0. The number of hydrogen-bond acceptors (Lipinski definition) is 4. The molecule has 0 radical (unpaired) electrons. The fourth-order valence-corrected chi connectivity index (χ4v) is 3.97. The van der Waals surface area contributed by atoms with Crippen molar-refractivity contribution in [1.29, 1.82) is 0 Å². The van der Waals surface area contributed by atoms with Gasteiger partial charge in [-0.05, 0) is 40.6 Å². The van der Waals surface area contributed by atoms with Crippen LogP contribution in [0, 0.1) is 0 Å². The number of urea groups is 1. The minimum atomic E-state index is -3.92. The summed E-state index contributed by atoms with van der Waals surface area (Å²) in [7, 11) is -3.92. The Morgan fingerprint density at radius 3 is 2.81 bits per heavy atom. The molecule has 2 rings (SSSR count). The van der Waals surface area contributed by atoms with Gasteiger partial charge in [-0.15, -0.1) is 0 Å². The van der Waals surface area contributed by atoms with E-state index in [2.05, 4.69) is 26.1 Å². The van der Waals surface area contributed by atoms with E-state index in [1.165, 1.54) is 11.1 Å². The van der Waals surface area contributed by atoms with Crippen molar-refractivity contribution in [1.82, 2.24) is 15.2 Å². The van der Waals surface area contributed by atoms with E-state index in [4.69, 9.17) is 0 Å². The minimum Gasteiger partial charge on any atom is -0.302 e. The van der Waals surface area contributed by atoms with Crippen LogP contribution >= 0.6 is 15.9 Å². The summed E-state index contributed by atoms with van der Waals surface area (Å²) in [5.41, 5.74) is 2.74. The van der Waals surface area contributed by atoms with Crippen molar-refractivity contribution < 1.29 is 13.2 Å². The van der Waals surface area contributed by atoms with Gasteiger partial charge in [0.15, 0.2) is 0 Å². The summed E-state index contributed by atoms with van der Waals surface area (Å²) < 4.78 is 27.0. The highest BCUT2D eigenvalue weighted by atomic mass is 79.9. The molecule has 0 bridgehead atoms. The van der Waals surface area contributed by atoms with Crippen LogP contribution in [-0.4, -0.2) is 25.5 Å². The molecule has 0 aromatic heterocycles. The van der Waals surface area contributed by atoms with E-state index in [1.807, 2.05) is 13.0 Å². The first-order valence-electron chi connectivity index (χ1n) is 6.49. The van der Waals surface area contributed by atoms with Gasteiger partial charge in [0.05, 0.1) is 6.04 Å². The molecule has 0 aliphatic carbocycles. The maximum absolute atomic E-state index is 12.2. The predicted molar refractivity (Wildman–Crippen MR) is 82.7 cm³/mol. The molecule has 1 unspecified atom stereocenters. The van der Waals surface area contributed by atoms with E-state index in [9.17, 15) is 13.2 Å². The van der Waals surface area contributed by atoms with Crippen LogP contribution in [0.25, 0.3) is 0 Å². The zero-order valence-corrected chi connectivity index (χ0v) is 13.8. The normalized spacial score (nSPS) is 17.6. The van der Waals surface area contributed by atoms with Gasteiger partial charge in [-0.25, -0.2) is 22.9 Å². The van der Waals surface area contributed by atoms with Crippen LogP contribution in [0.4, 0.5) is 4.79 Å². The van der Waals surface area contributed by atoms with Gasteiger partial charge in [-0.3, -0.25) is 0 Å². The highest BCUT2D eigenvalue weighted by Gasteiger charge is 2.28. The lowest BCUT2D eigenvalue weighted by Crippen LogP contribution is -2.49. The number of nitrogens with one attached hydrogen (secondary N) is 2. The standard InChI is InChI=1S/C13H16BrN3O3S/c1-2-5-10-8-9-15-17(10)13(18)16-21(19,20)12-7-4-3-6-11(12)14/h3-4,6-10,15H,2,5H2,1H3,(H,16,18). The first-order chi connectivity index (χ1) is 9.95. The third kappa shape index (κ3) is 3.56. The topological polar surface area (TPSA) is 78.5 Å². The second-order valence-electron chi connectivity index (χ2n) is 4.56. The molecule has 0 saturated heterocycles. The van der Waals surface area contributed by atoms with Crippen LogP contribution in [0.5, 0.6) is 0 Å². The average Bonchev–Trinajstić information content (AvgIpc) is 2.87. The Bertz CT molecular complexity index is 660. The lowest BCUT2D eigenvalue weighted by atomic mass is 10.2. The smallest absolute Gasteiger partial charge is 0.302 e. The third-order valence-electron chi connectivity index (χ3n) is 3.01. The number of sulfonamides is 1. The Balaban J connectivity index is 2.14. The monoisotopic (exact) mass is 373 g/mol. The fourth-order valence-electron chi connectivity index (χ4n) is 2.03. The first kappa shape index (κ1) is 15.8. The van der Waals surface area contributed by atoms with Gasteiger partial charge in [-0.1, -0.05) is 25.5 Å². The number of carbonyl (C=O) groups is 1. The van der Waals surface area contributed by atoms with E-state index >= 15 is 0 Å². The van der Waals surface area contributed by atoms with Crippen LogP contribution in [0.2, 0.25) is 0 Å². The van der Waals surface area contributed by atoms with Crippen LogP contribution in [0.3, 0.4) is 0 Å². The zero-order valence-electron chi connectivity index (χ0n) is 11.4. The van der Waals surface area contributed by atoms with Crippen molar-refractivity contribution in [2.45, 2.75) is 30.7 Å². The molecule has 2 amide bonds. The number of carbonyl (C=O) groups excluding carboxylic acids is 1. The summed E-state index contributed by atoms with van der Waals surface area (Å²) in [5, 5.41) is 1.28. The predicted octanol–water partition coefficient (Wildman–Crippen LogP) is 2.35. The summed E-state index contributed by atoms with van der Waals surface area (Å²) in [6, 6.07) is 5.49. The molecule has 1 aromatic carbocycles. The van der Waals surface area contributed by atoms with Crippen molar-refractivity contribution in [3.63, 3.8) is 0 Å². The molecular weight excluding hydrogens is 358 g/mol. The second-order valence-corrected chi connectivity index (χ2v) is 7.06. The molecule has 0 saturated carbocycles. The van der Waals surface area contributed by atoms with Gasteiger partial charge in [0, 0.05) is 10.7 Å². The molecule has 1 aromatic rings. The quantitative estimate of drug-likeness (QED) is 0.848. The molecule has 21 heavy (non-hydrogen) atoms. The van der Waals surface area contributed by atoms with Crippen molar-refractivity contribution >= 4 is 32.0 Å². The summed E-state index contributed by atoms with van der Waals surface area (Å²) in [4.78, 5) is 12.2. The van der Waals surface area contributed by atoms with Gasteiger partial charge < -0.3 is 5.43 Å². The Kier molecular flexibility index (Phi) is 4.89. The molecule has 1 aliphatic rings. The van der Waals surface area contributed by atoms with Gasteiger partial charge in [0.25, 0.3) is 10.0 Å². The van der Waals surface area contributed by atoms with Crippen molar-refractivity contribution in [3.05, 3.63) is 41.0 Å². The molecule has 0 spiro atoms. The number of nitrogens with zero attached hydrogens (tertiary/aromatic N) is 1. The zero-order chi connectivity index (χ0) is 15.5. The molecule has 0 fully saturated rings. The van der Waals surface area contributed by atoms with Crippen molar-refractivity contribution in [2.24, 2.45) is 0 Å². The van der Waals surface area contributed by atoms with Gasteiger partial charge >= 0.3 is 6.03 Å². The minimum absolute atomic E-state index is 0.0255. The van der Waals surface area contributed by atoms with Gasteiger partial charge in [0.2, 0.25) is 0 Å². The average molecular weight is 374 g/mol. The number of rotatable bonds is 4. The first-order valence-corrected chi connectivity index (χ1v) is 8.76. The number of hydrogen-bond donors (Lipinski definition) is 2. The largest absolute Gasteiger partial charge is 0.350 e. The third-order valence-corrected chi connectivity index (χ3v) is 5.35.